The van der Waals surface area contributed by atoms with Gasteiger partial charge in [0.05, 0.1) is 11.4 Å². The van der Waals surface area contributed by atoms with Gasteiger partial charge in [-0.2, -0.15) is 0 Å². The van der Waals surface area contributed by atoms with E-state index in [2.05, 4.69) is 20.9 Å². The number of para-hydroxylation sites is 2. The summed E-state index contributed by atoms with van der Waals surface area (Å²) in [5, 5.41) is 8.30. The third kappa shape index (κ3) is 8.72. The number of carbonyl (C=O) groups is 3. The Labute approximate surface area is 210 Å². The SMILES string of the molecule is CC(C)(C)OC(=O)Nc1ccccc1NC(=O)c1ccc(C=CC(=O)NCCc2cccnc2)cc1. The first-order valence-corrected chi connectivity index (χ1v) is 11.5. The molecule has 8 heteroatoms. The van der Waals surface area contributed by atoms with Crippen molar-refractivity contribution in [1.82, 2.24) is 10.3 Å². The van der Waals surface area contributed by atoms with Crippen LogP contribution in [0.3, 0.4) is 0 Å². The van der Waals surface area contributed by atoms with Crippen LogP contribution in [0.15, 0.2) is 79.1 Å². The third-order valence-corrected chi connectivity index (χ3v) is 4.85. The Morgan fingerprint density at radius 1 is 0.917 bits per heavy atom. The van der Waals surface area contributed by atoms with Crippen molar-refractivity contribution in [3.63, 3.8) is 0 Å². The molecule has 8 nitrogen and oxygen atoms in total. The molecule has 186 valence electrons. The van der Waals surface area contributed by atoms with Crippen LogP contribution in [0.1, 0.15) is 42.3 Å². The van der Waals surface area contributed by atoms with Gasteiger partial charge in [0.25, 0.3) is 5.91 Å². The third-order valence-electron chi connectivity index (χ3n) is 4.85. The van der Waals surface area contributed by atoms with Gasteiger partial charge in [0.15, 0.2) is 0 Å². The molecule has 0 saturated heterocycles. The number of anilines is 2. The minimum absolute atomic E-state index is 0.199. The van der Waals surface area contributed by atoms with Gasteiger partial charge in [-0.15, -0.1) is 0 Å². The summed E-state index contributed by atoms with van der Waals surface area (Å²) in [5.41, 5.74) is 2.49. The fourth-order valence-corrected chi connectivity index (χ4v) is 3.16. The molecule has 0 fully saturated rings. The lowest BCUT2D eigenvalue weighted by Gasteiger charge is -2.20. The zero-order valence-electron chi connectivity index (χ0n) is 20.6. The van der Waals surface area contributed by atoms with Gasteiger partial charge < -0.3 is 15.4 Å². The Morgan fingerprint density at radius 3 is 2.25 bits per heavy atom. The van der Waals surface area contributed by atoms with E-state index in [1.807, 2.05) is 12.1 Å². The molecule has 3 rings (SSSR count). The largest absolute Gasteiger partial charge is 0.444 e. The second-order valence-electron chi connectivity index (χ2n) is 8.98. The second kappa shape index (κ2) is 12.3. The molecule has 0 atom stereocenters. The van der Waals surface area contributed by atoms with E-state index in [1.54, 1.807) is 87.8 Å². The van der Waals surface area contributed by atoms with Gasteiger partial charge >= 0.3 is 6.09 Å². The van der Waals surface area contributed by atoms with Crippen LogP contribution in [-0.4, -0.2) is 35.0 Å². The van der Waals surface area contributed by atoms with E-state index in [9.17, 15) is 14.4 Å². The van der Waals surface area contributed by atoms with Crippen molar-refractivity contribution in [2.75, 3.05) is 17.2 Å². The van der Waals surface area contributed by atoms with Crippen LogP contribution in [0.25, 0.3) is 6.08 Å². The lowest BCUT2D eigenvalue weighted by Crippen LogP contribution is -2.27. The zero-order chi connectivity index (χ0) is 26.0. The Hall–Kier alpha value is -4.46. The Balaban J connectivity index is 1.53. The minimum Gasteiger partial charge on any atom is -0.444 e. The normalized spacial score (nSPS) is 11.1. The molecule has 0 saturated carbocycles. The number of pyridine rings is 1. The summed E-state index contributed by atoms with van der Waals surface area (Å²) in [5.74, 6) is -0.535. The average molecular weight is 487 g/mol. The number of nitrogens with one attached hydrogen (secondary N) is 3. The molecule has 1 heterocycles. The van der Waals surface area contributed by atoms with Gasteiger partial charge in [0.2, 0.25) is 5.91 Å². The second-order valence-corrected chi connectivity index (χ2v) is 8.98. The van der Waals surface area contributed by atoms with Crippen LogP contribution in [0.5, 0.6) is 0 Å². The van der Waals surface area contributed by atoms with E-state index in [0.29, 0.717) is 29.9 Å². The average Bonchev–Trinajstić information content (AvgIpc) is 2.84. The molecule has 0 bridgehead atoms. The lowest BCUT2D eigenvalue weighted by molar-refractivity contribution is -0.116. The summed E-state index contributed by atoms with van der Waals surface area (Å²) in [6.45, 7) is 5.83. The van der Waals surface area contributed by atoms with Crippen LogP contribution < -0.4 is 16.0 Å². The molecule has 0 aliphatic heterocycles. The summed E-state index contributed by atoms with van der Waals surface area (Å²) in [7, 11) is 0. The summed E-state index contributed by atoms with van der Waals surface area (Å²) in [4.78, 5) is 41.0. The molecule has 0 aliphatic rings. The van der Waals surface area contributed by atoms with Crippen molar-refractivity contribution in [2.45, 2.75) is 32.8 Å². The van der Waals surface area contributed by atoms with Crippen molar-refractivity contribution in [3.05, 3.63) is 95.8 Å². The maximum Gasteiger partial charge on any atom is 0.412 e. The maximum absolute atomic E-state index is 12.8. The number of rotatable bonds is 8. The molecule has 3 aromatic rings. The van der Waals surface area contributed by atoms with E-state index in [0.717, 1.165) is 11.1 Å². The predicted molar refractivity (Wildman–Crippen MR) is 141 cm³/mol. The first-order valence-electron chi connectivity index (χ1n) is 11.5. The highest BCUT2D eigenvalue weighted by atomic mass is 16.6. The first-order chi connectivity index (χ1) is 17.2. The van der Waals surface area contributed by atoms with E-state index >= 15 is 0 Å². The molecule has 0 unspecified atom stereocenters. The highest BCUT2D eigenvalue weighted by Crippen LogP contribution is 2.23. The Morgan fingerprint density at radius 2 is 1.61 bits per heavy atom. The van der Waals surface area contributed by atoms with Crippen LogP contribution in [0.2, 0.25) is 0 Å². The maximum atomic E-state index is 12.8. The highest BCUT2D eigenvalue weighted by molar-refractivity contribution is 6.07. The molecule has 0 radical (unpaired) electrons. The number of benzene rings is 2. The number of aromatic nitrogens is 1. The Kier molecular flexibility index (Phi) is 8.94. The van der Waals surface area contributed by atoms with Crippen LogP contribution in [-0.2, 0) is 16.0 Å². The summed E-state index contributed by atoms with van der Waals surface area (Å²) >= 11 is 0. The monoisotopic (exact) mass is 486 g/mol. The van der Waals surface area contributed by atoms with Crippen molar-refractivity contribution in [3.8, 4) is 0 Å². The standard InChI is InChI=1S/C28H30N4O4/c1-28(2,3)36-27(35)32-24-9-5-4-8-23(24)31-26(34)22-13-10-20(11-14-22)12-15-25(33)30-18-16-21-7-6-17-29-19-21/h4-15,17,19H,16,18H2,1-3H3,(H,30,33)(H,31,34)(H,32,35). The van der Waals surface area contributed by atoms with Crippen molar-refractivity contribution >= 4 is 35.4 Å². The summed E-state index contributed by atoms with van der Waals surface area (Å²) in [6, 6.07) is 17.5. The number of nitrogens with zero attached hydrogens (tertiary/aromatic N) is 1. The molecular formula is C28H30N4O4. The van der Waals surface area contributed by atoms with Crippen molar-refractivity contribution < 1.29 is 19.1 Å². The molecule has 3 N–H and O–H groups in total. The lowest BCUT2D eigenvalue weighted by atomic mass is 10.1. The molecular weight excluding hydrogens is 456 g/mol. The van der Waals surface area contributed by atoms with E-state index < -0.39 is 11.7 Å². The fourth-order valence-electron chi connectivity index (χ4n) is 3.16. The molecule has 0 spiro atoms. The summed E-state index contributed by atoms with van der Waals surface area (Å²) in [6.07, 6.45) is 6.71. The van der Waals surface area contributed by atoms with Gasteiger partial charge in [0, 0.05) is 30.6 Å². The number of carbonyl (C=O) groups excluding carboxylic acids is 3. The van der Waals surface area contributed by atoms with Gasteiger partial charge in [-0.25, -0.2) is 4.79 Å². The molecule has 3 amide bonds. The molecule has 1 aromatic heterocycles. The van der Waals surface area contributed by atoms with E-state index in [1.165, 1.54) is 6.08 Å². The van der Waals surface area contributed by atoms with Crippen LogP contribution >= 0.6 is 0 Å². The number of hydrogen-bond acceptors (Lipinski definition) is 5. The van der Waals surface area contributed by atoms with Crippen LogP contribution in [0.4, 0.5) is 16.2 Å². The van der Waals surface area contributed by atoms with E-state index in [4.69, 9.17) is 4.74 Å². The topological polar surface area (TPSA) is 109 Å². The first kappa shape index (κ1) is 26.2. The zero-order valence-corrected chi connectivity index (χ0v) is 20.6. The smallest absolute Gasteiger partial charge is 0.412 e. The van der Waals surface area contributed by atoms with Crippen LogP contribution in [0, 0.1) is 0 Å². The number of amides is 3. The molecule has 0 aliphatic carbocycles. The Bertz CT molecular complexity index is 1220. The molecule has 36 heavy (non-hydrogen) atoms. The van der Waals surface area contributed by atoms with Gasteiger partial charge in [-0.3, -0.25) is 19.9 Å². The highest BCUT2D eigenvalue weighted by Gasteiger charge is 2.17. The predicted octanol–water partition coefficient (Wildman–Crippen LogP) is 5.05. The van der Waals surface area contributed by atoms with Gasteiger partial charge in [-0.05, 0) is 74.7 Å². The fraction of sp³-hybridized carbons (Fsp3) is 0.214. The van der Waals surface area contributed by atoms with E-state index in [-0.39, 0.29) is 11.8 Å². The van der Waals surface area contributed by atoms with Crippen molar-refractivity contribution in [1.29, 1.82) is 0 Å². The minimum atomic E-state index is -0.640. The number of hydrogen-bond donors (Lipinski definition) is 3. The number of ether oxygens (including phenoxy) is 1. The van der Waals surface area contributed by atoms with Gasteiger partial charge in [-0.1, -0.05) is 30.3 Å². The van der Waals surface area contributed by atoms with Crippen molar-refractivity contribution in [2.24, 2.45) is 0 Å². The van der Waals surface area contributed by atoms with Gasteiger partial charge in [0.1, 0.15) is 5.60 Å². The summed E-state index contributed by atoms with van der Waals surface area (Å²) < 4.78 is 5.28. The molecule has 2 aromatic carbocycles. The quantitative estimate of drug-likeness (QED) is 0.386.